The fraction of sp³-hybridized carbons (Fsp3) is 0.375. The molecule has 2 N–H and O–H groups in total. The minimum Gasteiger partial charge on any atom is -0.365 e. The van der Waals surface area contributed by atoms with E-state index in [1.807, 2.05) is 30.3 Å². The number of anilines is 1. The zero-order valence-corrected chi connectivity index (χ0v) is 11.6. The van der Waals surface area contributed by atoms with Gasteiger partial charge in [-0.25, -0.2) is 4.98 Å². The molecule has 102 valence electrons. The van der Waals surface area contributed by atoms with E-state index in [4.69, 9.17) is 0 Å². The third kappa shape index (κ3) is 2.45. The monoisotopic (exact) mass is 266 g/mol. The number of rotatable bonds is 2. The summed E-state index contributed by atoms with van der Waals surface area (Å²) in [6.45, 7) is 3.24. The molecule has 1 aromatic heterocycles. The van der Waals surface area contributed by atoms with Crippen LogP contribution in [0.3, 0.4) is 0 Å². The zero-order valence-electron chi connectivity index (χ0n) is 11.6. The summed E-state index contributed by atoms with van der Waals surface area (Å²) in [4.78, 5) is 4.61. The van der Waals surface area contributed by atoms with Crippen LogP contribution in [0.15, 0.2) is 30.3 Å². The van der Waals surface area contributed by atoms with E-state index in [0.29, 0.717) is 23.5 Å². The number of pyridine rings is 1. The Bertz CT molecular complexity index is 659. The van der Waals surface area contributed by atoms with Crippen LogP contribution in [0.2, 0.25) is 0 Å². The molecule has 0 radical (unpaired) electrons. The number of hydrogen-bond donors (Lipinski definition) is 2. The average Bonchev–Trinajstić information content (AvgIpc) is 2.49. The molecule has 4 heteroatoms. The molecule has 0 spiro atoms. The standard InChI is InChI=1S/C16H18N4/c1-11-14(7-4-8-18-11)19-16-13(10-17)9-12-5-2-3-6-15(12)20-16/h2-3,5-6,9,11,14,18H,4,7-8H2,1H3,(H,19,20). The second-order valence-electron chi connectivity index (χ2n) is 5.32. The first-order valence-corrected chi connectivity index (χ1v) is 7.08. The molecule has 0 aliphatic carbocycles. The van der Waals surface area contributed by atoms with E-state index in [1.54, 1.807) is 0 Å². The van der Waals surface area contributed by atoms with Crippen molar-refractivity contribution < 1.29 is 0 Å². The van der Waals surface area contributed by atoms with Crippen molar-refractivity contribution in [2.24, 2.45) is 0 Å². The van der Waals surface area contributed by atoms with Gasteiger partial charge < -0.3 is 10.6 Å². The van der Waals surface area contributed by atoms with Crippen LogP contribution in [0.25, 0.3) is 10.9 Å². The molecule has 0 bridgehead atoms. The highest BCUT2D eigenvalue weighted by molar-refractivity contribution is 5.82. The van der Waals surface area contributed by atoms with Gasteiger partial charge in [-0.3, -0.25) is 0 Å². The maximum Gasteiger partial charge on any atom is 0.144 e. The van der Waals surface area contributed by atoms with Gasteiger partial charge in [-0.2, -0.15) is 5.26 Å². The Labute approximate surface area is 118 Å². The highest BCUT2D eigenvalue weighted by Gasteiger charge is 2.22. The van der Waals surface area contributed by atoms with E-state index in [1.165, 1.54) is 0 Å². The average molecular weight is 266 g/mol. The van der Waals surface area contributed by atoms with Gasteiger partial charge in [0.25, 0.3) is 0 Å². The summed E-state index contributed by atoms with van der Waals surface area (Å²) in [5, 5.41) is 17.2. The summed E-state index contributed by atoms with van der Waals surface area (Å²) in [6.07, 6.45) is 2.25. The van der Waals surface area contributed by atoms with Gasteiger partial charge in [0.1, 0.15) is 11.9 Å². The fourth-order valence-corrected chi connectivity index (χ4v) is 2.73. The predicted molar refractivity (Wildman–Crippen MR) is 80.6 cm³/mol. The summed E-state index contributed by atoms with van der Waals surface area (Å²) in [5.41, 5.74) is 1.53. The smallest absolute Gasteiger partial charge is 0.144 e. The number of nitrogens with zero attached hydrogens (tertiary/aromatic N) is 2. The minimum atomic E-state index is 0.324. The number of nitriles is 1. The molecule has 2 atom stereocenters. The zero-order chi connectivity index (χ0) is 13.9. The molecule has 0 amide bonds. The van der Waals surface area contributed by atoms with Crippen molar-refractivity contribution >= 4 is 16.7 Å². The van der Waals surface area contributed by atoms with Crippen molar-refractivity contribution in [3.05, 3.63) is 35.9 Å². The molecule has 0 saturated carbocycles. The Balaban J connectivity index is 1.95. The normalized spacial score (nSPS) is 22.4. The maximum absolute atomic E-state index is 9.33. The summed E-state index contributed by atoms with van der Waals surface area (Å²) >= 11 is 0. The van der Waals surface area contributed by atoms with Gasteiger partial charge in [0.2, 0.25) is 0 Å². The number of aromatic nitrogens is 1. The van der Waals surface area contributed by atoms with E-state index in [2.05, 4.69) is 28.6 Å². The topological polar surface area (TPSA) is 60.7 Å². The van der Waals surface area contributed by atoms with Crippen molar-refractivity contribution in [2.45, 2.75) is 31.8 Å². The van der Waals surface area contributed by atoms with E-state index in [0.717, 1.165) is 30.3 Å². The van der Waals surface area contributed by atoms with Crippen molar-refractivity contribution in [3.8, 4) is 6.07 Å². The molecule has 2 unspecified atom stereocenters. The first-order chi connectivity index (χ1) is 9.78. The molecule has 1 aliphatic rings. The van der Waals surface area contributed by atoms with Crippen LogP contribution in [-0.2, 0) is 0 Å². The number of hydrogen-bond acceptors (Lipinski definition) is 4. The van der Waals surface area contributed by atoms with Crippen LogP contribution in [0.1, 0.15) is 25.3 Å². The van der Waals surface area contributed by atoms with Crippen molar-refractivity contribution in [3.63, 3.8) is 0 Å². The van der Waals surface area contributed by atoms with Crippen LogP contribution in [0.5, 0.6) is 0 Å². The number of fused-ring (bicyclic) bond motifs is 1. The Hall–Kier alpha value is -2.12. The summed E-state index contributed by atoms with van der Waals surface area (Å²) < 4.78 is 0. The summed E-state index contributed by atoms with van der Waals surface area (Å²) in [7, 11) is 0. The first-order valence-electron chi connectivity index (χ1n) is 7.08. The SMILES string of the molecule is CC1NCCCC1Nc1nc2ccccc2cc1C#N. The molecule has 1 aliphatic heterocycles. The number of para-hydroxylation sites is 1. The van der Waals surface area contributed by atoms with Gasteiger partial charge in [-0.15, -0.1) is 0 Å². The van der Waals surface area contributed by atoms with Gasteiger partial charge >= 0.3 is 0 Å². The Morgan fingerprint density at radius 3 is 3.05 bits per heavy atom. The van der Waals surface area contributed by atoms with E-state index >= 15 is 0 Å². The number of nitrogens with one attached hydrogen (secondary N) is 2. The maximum atomic E-state index is 9.33. The lowest BCUT2D eigenvalue weighted by Gasteiger charge is -2.31. The molecule has 1 aromatic carbocycles. The molecule has 3 rings (SSSR count). The Morgan fingerprint density at radius 1 is 1.40 bits per heavy atom. The van der Waals surface area contributed by atoms with Gasteiger partial charge in [0.05, 0.1) is 11.1 Å². The quantitative estimate of drug-likeness (QED) is 0.877. The molecule has 2 heterocycles. The molecule has 2 aromatic rings. The highest BCUT2D eigenvalue weighted by Crippen LogP contribution is 2.22. The van der Waals surface area contributed by atoms with Crippen LogP contribution >= 0.6 is 0 Å². The fourth-order valence-electron chi connectivity index (χ4n) is 2.73. The third-order valence-corrected chi connectivity index (χ3v) is 3.93. The van der Waals surface area contributed by atoms with Gasteiger partial charge in [-0.05, 0) is 38.4 Å². The van der Waals surface area contributed by atoms with Gasteiger partial charge in [0.15, 0.2) is 0 Å². The van der Waals surface area contributed by atoms with Crippen molar-refractivity contribution in [1.29, 1.82) is 5.26 Å². The summed E-state index contributed by atoms with van der Waals surface area (Å²) in [6, 6.07) is 12.8. The van der Waals surface area contributed by atoms with Crippen molar-refractivity contribution in [1.82, 2.24) is 10.3 Å². The second kappa shape index (κ2) is 5.48. The Kier molecular flexibility index (Phi) is 3.53. The number of piperidine rings is 1. The molecule has 4 nitrogen and oxygen atoms in total. The van der Waals surface area contributed by atoms with Crippen LogP contribution in [0, 0.1) is 11.3 Å². The summed E-state index contributed by atoms with van der Waals surface area (Å²) in [5.74, 6) is 0.701. The molecule has 1 saturated heterocycles. The van der Waals surface area contributed by atoms with Crippen molar-refractivity contribution in [2.75, 3.05) is 11.9 Å². The van der Waals surface area contributed by atoms with E-state index < -0.39 is 0 Å². The van der Waals surface area contributed by atoms with E-state index in [-0.39, 0.29) is 0 Å². The predicted octanol–water partition coefficient (Wildman–Crippen LogP) is 2.66. The van der Waals surface area contributed by atoms with Crippen LogP contribution in [-0.4, -0.2) is 23.6 Å². The first kappa shape index (κ1) is 12.9. The lowest BCUT2D eigenvalue weighted by atomic mass is 9.99. The van der Waals surface area contributed by atoms with Crippen LogP contribution < -0.4 is 10.6 Å². The second-order valence-corrected chi connectivity index (χ2v) is 5.32. The van der Waals surface area contributed by atoms with E-state index in [9.17, 15) is 5.26 Å². The third-order valence-electron chi connectivity index (χ3n) is 3.93. The largest absolute Gasteiger partial charge is 0.365 e. The highest BCUT2D eigenvalue weighted by atomic mass is 15.1. The van der Waals surface area contributed by atoms with Gasteiger partial charge in [0, 0.05) is 17.5 Å². The molecule has 20 heavy (non-hydrogen) atoms. The molecule has 1 fully saturated rings. The van der Waals surface area contributed by atoms with Crippen LogP contribution in [0.4, 0.5) is 5.82 Å². The molecular weight excluding hydrogens is 248 g/mol. The van der Waals surface area contributed by atoms with Gasteiger partial charge in [-0.1, -0.05) is 18.2 Å². The minimum absolute atomic E-state index is 0.324. The lowest BCUT2D eigenvalue weighted by Crippen LogP contribution is -2.46. The lowest BCUT2D eigenvalue weighted by molar-refractivity contribution is 0.389. The molecular formula is C16H18N4. The Morgan fingerprint density at radius 2 is 2.25 bits per heavy atom. The number of benzene rings is 1.